The number of rotatable bonds is 2. The lowest BCUT2D eigenvalue weighted by molar-refractivity contribution is -0.119. The molecule has 0 atom stereocenters. The SMILES string of the molecule is CC.Cc1cc(N2C(=O)C=CC2=O)cc(C)c1N=C=S. The summed E-state index contributed by atoms with van der Waals surface area (Å²) in [4.78, 5) is 28.3. The monoisotopic (exact) mass is 288 g/mol. The average Bonchev–Trinajstić information content (AvgIpc) is 2.75. The van der Waals surface area contributed by atoms with Gasteiger partial charge in [0.2, 0.25) is 0 Å². The molecular weight excluding hydrogens is 272 g/mol. The van der Waals surface area contributed by atoms with Crippen LogP contribution in [-0.2, 0) is 9.59 Å². The largest absolute Gasteiger partial charge is 0.269 e. The first-order valence-electron chi connectivity index (χ1n) is 6.30. The first-order chi connectivity index (χ1) is 9.54. The Hall–Kier alpha value is -2.10. The number of isothiocyanates is 1. The van der Waals surface area contributed by atoms with Crippen LogP contribution in [0.2, 0.25) is 0 Å². The van der Waals surface area contributed by atoms with Gasteiger partial charge in [0, 0.05) is 12.2 Å². The summed E-state index contributed by atoms with van der Waals surface area (Å²) in [6.45, 7) is 7.70. The highest BCUT2D eigenvalue weighted by Crippen LogP contribution is 2.30. The van der Waals surface area contributed by atoms with Crippen LogP contribution >= 0.6 is 12.2 Å². The quantitative estimate of drug-likeness (QED) is 0.475. The van der Waals surface area contributed by atoms with Crippen LogP contribution in [-0.4, -0.2) is 17.0 Å². The first-order valence-corrected chi connectivity index (χ1v) is 6.70. The van der Waals surface area contributed by atoms with Crippen molar-refractivity contribution in [1.82, 2.24) is 0 Å². The summed E-state index contributed by atoms with van der Waals surface area (Å²) >= 11 is 4.59. The molecule has 0 aliphatic carbocycles. The van der Waals surface area contributed by atoms with Crippen molar-refractivity contribution in [2.45, 2.75) is 27.7 Å². The van der Waals surface area contributed by atoms with E-state index in [0.717, 1.165) is 21.7 Å². The molecule has 1 aliphatic rings. The normalized spacial score (nSPS) is 12.9. The van der Waals surface area contributed by atoms with E-state index in [2.05, 4.69) is 22.4 Å². The van der Waals surface area contributed by atoms with Crippen LogP contribution in [0.5, 0.6) is 0 Å². The first kappa shape index (κ1) is 16.0. The van der Waals surface area contributed by atoms with Crippen LogP contribution in [0, 0.1) is 13.8 Å². The van der Waals surface area contributed by atoms with E-state index in [9.17, 15) is 9.59 Å². The van der Waals surface area contributed by atoms with Gasteiger partial charge < -0.3 is 0 Å². The summed E-state index contributed by atoms with van der Waals surface area (Å²) in [6, 6.07) is 3.47. The van der Waals surface area contributed by atoms with Crippen molar-refractivity contribution in [2.24, 2.45) is 4.99 Å². The van der Waals surface area contributed by atoms with Gasteiger partial charge in [-0.15, -0.1) is 0 Å². The van der Waals surface area contributed by atoms with Crippen molar-refractivity contribution in [2.75, 3.05) is 4.90 Å². The molecule has 1 aromatic rings. The molecule has 1 aliphatic heterocycles. The molecule has 0 fully saturated rings. The van der Waals surface area contributed by atoms with E-state index >= 15 is 0 Å². The zero-order chi connectivity index (χ0) is 15.3. The van der Waals surface area contributed by atoms with Gasteiger partial charge in [-0.3, -0.25) is 9.59 Å². The van der Waals surface area contributed by atoms with Gasteiger partial charge in [-0.2, -0.15) is 4.99 Å². The lowest BCUT2D eigenvalue weighted by atomic mass is 10.1. The smallest absolute Gasteiger partial charge is 0.258 e. The molecule has 0 saturated carbocycles. The number of aryl methyl sites for hydroxylation is 2. The van der Waals surface area contributed by atoms with Crippen molar-refractivity contribution in [3.05, 3.63) is 35.4 Å². The number of nitrogens with zero attached hydrogens (tertiary/aromatic N) is 2. The summed E-state index contributed by atoms with van der Waals surface area (Å²) < 4.78 is 0. The van der Waals surface area contributed by atoms with Crippen molar-refractivity contribution < 1.29 is 9.59 Å². The van der Waals surface area contributed by atoms with Gasteiger partial charge in [-0.1, -0.05) is 13.8 Å². The van der Waals surface area contributed by atoms with Crippen LogP contribution < -0.4 is 4.90 Å². The Kier molecular flexibility index (Phi) is 5.50. The van der Waals surface area contributed by atoms with Crippen LogP contribution in [0.4, 0.5) is 11.4 Å². The van der Waals surface area contributed by atoms with E-state index in [1.165, 1.54) is 12.2 Å². The lowest BCUT2D eigenvalue weighted by Crippen LogP contribution is -2.29. The second-order valence-corrected chi connectivity index (χ2v) is 4.16. The number of carbonyl (C=O) groups is 2. The molecule has 5 heteroatoms. The standard InChI is InChI=1S/C13H10N2O2S.C2H6/c1-8-5-10(6-9(2)13(8)14-7-18)15-11(16)3-4-12(15)17;1-2/h3-6H,1-2H3;1-2H3. The van der Waals surface area contributed by atoms with E-state index in [-0.39, 0.29) is 11.8 Å². The summed E-state index contributed by atoms with van der Waals surface area (Å²) in [5.74, 6) is -0.658. The number of imide groups is 1. The Balaban J connectivity index is 0.000000956. The molecule has 4 nitrogen and oxygen atoms in total. The summed E-state index contributed by atoms with van der Waals surface area (Å²) in [5.41, 5.74) is 2.96. The molecule has 0 bridgehead atoms. The topological polar surface area (TPSA) is 49.7 Å². The summed E-state index contributed by atoms with van der Waals surface area (Å²) in [5, 5.41) is 2.32. The fraction of sp³-hybridized carbons (Fsp3) is 0.267. The molecule has 2 amide bonds. The molecule has 0 saturated heterocycles. The van der Waals surface area contributed by atoms with Gasteiger partial charge in [0.05, 0.1) is 16.5 Å². The second-order valence-electron chi connectivity index (χ2n) is 3.98. The zero-order valence-electron chi connectivity index (χ0n) is 11.9. The molecule has 0 aromatic heterocycles. The Labute approximate surface area is 123 Å². The minimum atomic E-state index is -0.329. The van der Waals surface area contributed by atoms with Crippen molar-refractivity contribution in [1.29, 1.82) is 0 Å². The molecule has 1 heterocycles. The third-order valence-corrected chi connectivity index (χ3v) is 2.79. The minimum Gasteiger partial charge on any atom is -0.269 e. The highest BCUT2D eigenvalue weighted by molar-refractivity contribution is 7.78. The molecule has 0 unspecified atom stereocenters. The van der Waals surface area contributed by atoms with Crippen LogP contribution in [0.15, 0.2) is 29.3 Å². The average molecular weight is 288 g/mol. The third-order valence-electron chi connectivity index (χ3n) is 2.70. The minimum absolute atomic E-state index is 0.329. The Bertz CT molecular complexity index is 588. The maximum atomic E-state index is 11.6. The van der Waals surface area contributed by atoms with Gasteiger partial charge in [0.15, 0.2) is 0 Å². The van der Waals surface area contributed by atoms with Crippen LogP contribution in [0.25, 0.3) is 0 Å². The zero-order valence-corrected chi connectivity index (χ0v) is 12.7. The molecule has 0 spiro atoms. The summed E-state index contributed by atoms with van der Waals surface area (Å²) in [6.07, 6.45) is 2.52. The molecule has 0 radical (unpaired) electrons. The Morgan fingerprint density at radius 3 is 1.90 bits per heavy atom. The van der Waals surface area contributed by atoms with Gasteiger partial charge in [0.25, 0.3) is 11.8 Å². The second kappa shape index (κ2) is 6.89. The molecule has 1 aromatic carbocycles. The van der Waals surface area contributed by atoms with Crippen molar-refractivity contribution >= 4 is 40.6 Å². The number of anilines is 1. The lowest BCUT2D eigenvalue weighted by Gasteiger charge is -2.16. The van der Waals surface area contributed by atoms with E-state index in [1.807, 2.05) is 27.7 Å². The van der Waals surface area contributed by atoms with Gasteiger partial charge in [-0.05, 0) is 49.3 Å². The highest BCUT2D eigenvalue weighted by atomic mass is 32.1. The van der Waals surface area contributed by atoms with Crippen LogP contribution in [0.3, 0.4) is 0 Å². The fourth-order valence-electron chi connectivity index (χ4n) is 1.94. The number of amides is 2. The van der Waals surface area contributed by atoms with E-state index < -0.39 is 0 Å². The van der Waals surface area contributed by atoms with Gasteiger partial charge >= 0.3 is 0 Å². The Morgan fingerprint density at radius 1 is 1.05 bits per heavy atom. The van der Waals surface area contributed by atoms with Gasteiger partial charge in [0.1, 0.15) is 0 Å². The van der Waals surface area contributed by atoms with Crippen molar-refractivity contribution in [3.8, 4) is 0 Å². The molecular formula is C15H16N2O2S. The predicted octanol–water partition coefficient (Wildman–Crippen LogP) is 3.49. The number of hydrogen-bond acceptors (Lipinski definition) is 4. The van der Waals surface area contributed by atoms with Crippen LogP contribution in [0.1, 0.15) is 25.0 Å². The van der Waals surface area contributed by atoms with E-state index in [4.69, 9.17) is 0 Å². The Morgan fingerprint density at radius 2 is 1.50 bits per heavy atom. The molecule has 0 N–H and O–H groups in total. The number of carbonyl (C=O) groups excluding carboxylic acids is 2. The highest BCUT2D eigenvalue weighted by Gasteiger charge is 2.25. The molecule has 2 rings (SSSR count). The number of benzene rings is 1. The van der Waals surface area contributed by atoms with E-state index in [0.29, 0.717) is 5.69 Å². The molecule has 104 valence electrons. The summed E-state index contributed by atoms with van der Waals surface area (Å²) in [7, 11) is 0. The number of thiocarbonyl (C=S) groups is 1. The number of hydrogen-bond donors (Lipinski definition) is 0. The van der Waals surface area contributed by atoms with E-state index in [1.54, 1.807) is 12.1 Å². The predicted molar refractivity (Wildman–Crippen MR) is 83.6 cm³/mol. The number of aliphatic imine (C=N–C) groups is 1. The maximum Gasteiger partial charge on any atom is 0.258 e. The maximum absolute atomic E-state index is 11.6. The van der Waals surface area contributed by atoms with Crippen molar-refractivity contribution in [3.63, 3.8) is 0 Å². The van der Waals surface area contributed by atoms with Gasteiger partial charge in [-0.25, -0.2) is 4.90 Å². The fourth-order valence-corrected chi connectivity index (χ4v) is 2.03. The molecule has 20 heavy (non-hydrogen) atoms. The third kappa shape index (κ3) is 3.07.